The van der Waals surface area contributed by atoms with Gasteiger partial charge in [-0.05, 0) is 12.1 Å². The van der Waals surface area contributed by atoms with E-state index in [1.807, 2.05) is 12.1 Å². The van der Waals surface area contributed by atoms with E-state index in [0.717, 1.165) is 16.2 Å². The van der Waals surface area contributed by atoms with E-state index in [0.29, 0.717) is 0 Å². The van der Waals surface area contributed by atoms with Crippen LogP contribution in [0.4, 0.5) is 0 Å². The molecule has 102 valence electrons. The predicted octanol–water partition coefficient (Wildman–Crippen LogP) is 5.21. The van der Waals surface area contributed by atoms with Crippen LogP contribution in [0.15, 0.2) is 82.2 Å². The lowest BCUT2D eigenvalue weighted by Crippen LogP contribution is -1.84. The van der Waals surface area contributed by atoms with E-state index < -0.39 is 0 Å². The van der Waals surface area contributed by atoms with Crippen LogP contribution in [0.1, 0.15) is 0 Å². The van der Waals surface area contributed by atoms with Gasteiger partial charge in [-0.25, -0.2) is 4.98 Å². The molecule has 0 radical (unpaired) electrons. The van der Waals surface area contributed by atoms with Gasteiger partial charge in [-0.2, -0.15) is 0 Å². The highest BCUT2D eigenvalue weighted by molar-refractivity contribution is 7.99. The smallest absolute Gasteiger partial charge is 0.195 e. The van der Waals surface area contributed by atoms with Gasteiger partial charge in [0.25, 0.3) is 0 Å². The third kappa shape index (κ3) is 2.37. The highest BCUT2D eigenvalue weighted by Gasteiger charge is 2.15. The molecule has 0 fully saturated rings. The zero-order valence-electron chi connectivity index (χ0n) is 11.1. The van der Waals surface area contributed by atoms with Gasteiger partial charge in [0.2, 0.25) is 0 Å². The van der Waals surface area contributed by atoms with Crippen molar-refractivity contribution in [2.24, 2.45) is 0 Å². The molecule has 0 aliphatic rings. The Labute approximate surface area is 131 Å². The van der Waals surface area contributed by atoms with Crippen molar-refractivity contribution in [1.82, 2.24) is 9.38 Å². The number of imidazole rings is 1. The molecule has 0 aliphatic carbocycles. The van der Waals surface area contributed by atoms with Crippen LogP contribution in [0.25, 0.3) is 16.2 Å². The third-order valence-electron chi connectivity index (χ3n) is 3.22. The zero-order valence-corrected chi connectivity index (χ0v) is 12.8. The fourth-order valence-corrected chi connectivity index (χ4v) is 4.04. The van der Waals surface area contributed by atoms with E-state index in [4.69, 9.17) is 4.98 Å². The van der Waals surface area contributed by atoms with E-state index >= 15 is 0 Å². The first-order valence-corrected chi connectivity index (χ1v) is 8.35. The van der Waals surface area contributed by atoms with Crippen LogP contribution in [-0.4, -0.2) is 9.38 Å². The molecule has 0 aliphatic heterocycles. The molecule has 0 amide bonds. The molecule has 4 aromatic rings. The Morgan fingerprint density at radius 2 is 1.62 bits per heavy atom. The van der Waals surface area contributed by atoms with Crippen LogP contribution in [0.5, 0.6) is 0 Å². The van der Waals surface area contributed by atoms with Crippen LogP contribution < -0.4 is 0 Å². The minimum Gasteiger partial charge on any atom is -0.284 e. The lowest BCUT2D eigenvalue weighted by Gasteiger charge is -2.04. The molecule has 0 spiro atoms. The van der Waals surface area contributed by atoms with Crippen LogP contribution in [-0.2, 0) is 0 Å². The first kappa shape index (κ1) is 12.7. The third-order valence-corrected chi connectivity index (χ3v) is 5.07. The summed E-state index contributed by atoms with van der Waals surface area (Å²) in [4.78, 5) is 7.06. The van der Waals surface area contributed by atoms with Gasteiger partial charge in [0.15, 0.2) is 4.96 Å². The fraction of sp³-hybridized carbons (Fsp3) is 0. The van der Waals surface area contributed by atoms with Gasteiger partial charge in [0.1, 0.15) is 10.7 Å². The van der Waals surface area contributed by atoms with Crippen molar-refractivity contribution in [2.75, 3.05) is 0 Å². The van der Waals surface area contributed by atoms with Gasteiger partial charge in [0, 0.05) is 22.0 Å². The summed E-state index contributed by atoms with van der Waals surface area (Å²) in [5.41, 5.74) is 2.21. The number of rotatable bonds is 3. The zero-order chi connectivity index (χ0) is 14.1. The number of aromatic nitrogens is 2. The Morgan fingerprint density at radius 3 is 2.38 bits per heavy atom. The van der Waals surface area contributed by atoms with E-state index in [-0.39, 0.29) is 0 Å². The summed E-state index contributed by atoms with van der Waals surface area (Å²) in [6, 6.07) is 20.8. The highest BCUT2D eigenvalue weighted by atomic mass is 32.2. The van der Waals surface area contributed by atoms with Crippen LogP contribution in [0, 0.1) is 0 Å². The predicted molar refractivity (Wildman–Crippen MR) is 89.1 cm³/mol. The Hall–Kier alpha value is -2.04. The Balaban J connectivity index is 1.87. The average molecular weight is 308 g/mol. The van der Waals surface area contributed by atoms with Crippen molar-refractivity contribution in [2.45, 2.75) is 9.92 Å². The summed E-state index contributed by atoms with van der Waals surface area (Å²) in [6.45, 7) is 0. The van der Waals surface area contributed by atoms with Gasteiger partial charge in [-0.15, -0.1) is 11.3 Å². The number of hydrogen-bond donors (Lipinski definition) is 0. The molecule has 0 N–H and O–H groups in total. The van der Waals surface area contributed by atoms with Crippen LogP contribution >= 0.6 is 23.1 Å². The maximum Gasteiger partial charge on any atom is 0.195 e. The minimum atomic E-state index is 1.03. The normalized spacial score (nSPS) is 11.0. The fourth-order valence-electron chi connectivity index (χ4n) is 2.25. The highest BCUT2D eigenvalue weighted by Crippen LogP contribution is 2.37. The molecule has 2 aromatic carbocycles. The quantitative estimate of drug-likeness (QED) is 0.516. The summed E-state index contributed by atoms with van der Waals surface area (Å²) in [6.07, 6.45) is 2.09. The number of thiazole rings is 1. The molecular formula is C17H12N2S2. The molecular weight excluding hydrogens is 296 g/mol. The molecule has 2 heterocycles. The van der Waals surface area contributed by atoms with E-state index in [2.05, 4.69) is 64.5 Å². The number of nitrogens with zero attached hydrogens (tertiary/aromatic N) is 2. The summed E-state index contributed by atoms with van der Waals surface area (Å²) < 4.78 is 2.17. The number of fused-ring (bicyclic) bond motifs is 1. The molecule has 0 saturated carbocycles. The van der Waals surface area contributed by atoms with E-state index in [1.165, 1.54) is 9.92 Å². The Bertz CT molecular complexity index is 864. The Morgan fingerprint density at radius 1 is 0.905 bits per heavy atom. The van der Waals surface area contributed by atoms with E-state index in [9.17, 15) is 0 Å². The van der Waals surface area contributed by atoms with Crippen molar-refractivity contribution in [3.8, 4) is 11.3 Å². The first-order chi connectivity index (χ1) is 10.4. The first-order valence-electron chi connectivity index (χ1n) is 6.66. The second-order valence-corrected chi connectivity index (χ2v) is 6.54. The maximum absolute atomic E-state index is 4.80. The summed E-state index contributed by atoms with van der Waals surface area (Å²) in [5, 5.41) is 3.25. The molecule has 4 rings (SSSR count). The van der Waals surface area contributed by atoms with Gasteiger partial charge in [-0.3, -0.25) is 4.40 Å². The van der Waals surface area contributed by atoms with Gasteiger partial charge < -0.3 is 0 Å². The summed E-state index contributed by atoms with van der Waals surface area (Å²) >= 11 is 3.42. The summed E-state index contributed by atoms with van der Waals surface area (Å²) in [5.74, 6) is 0. The standard InChI is InChI=1S/C17H12N2S2/c1-3-7-13(8-4-1)15-16(19-11-12-20-17(19)18-15)21-14-9-5-2-6-10-14/h1-12H. The molecule has 0 bridgehead atoms. The van der Waals surface area contributed by atoms with Crippen LogP contribution in [0.3, 0.4) is 0 Å². The SMILES string of the molecule is c1ccc(Sc2c(-c3ccccc3)nc3sccn23)cc1. The van der Waals surface area contributed by atoms with Crippen molar-refractivity contribution >= 4 is 28.1 Å². The average Bonchev–Trinajstić information content (AvgIpc) is 3.12. The second-order valence-electron chi connectivity index (χ2n) is 4.60. The van der Waals surface area contributed by atoms with E-state index in [1.54, 1.807) is 23.1 Å². The van der Waals surface area contributed by atoms with Crippen LogP contribution in [0.2, 0.25) is 0 Å². The maximum atomic E-state index is 4.80. The topological polar surface area (TPSA) is 17.3 Å². The largest absolute Gasteiger partial charge is 0.284 e. The molecule has 0 saturated heterocycles. The van der Waals surface area contributed by atoms with Gasteiger partial charge in [0.05, 0.1) is 0 Å². The van der Waals surface area contributed by atoms with Crippen molar-refractivity contribution in [3.05, 3.63) is 72.2 Å². The molecule has 2 nitrogen and oxygen atoms in total. The lowest BCUT2D eigenvalue weighted by molar-refractivity contribution is 1.07. The van der Waals surface area contributed by atoms with Crippen molar-refractivity contribution in [1.29, 1.82) is 0 Å². The van der Waals surface area contributed by atoms with Gasteiger partial charge in [-0.1, -0.05) is 60.3 Å². The minimum absolute atomic E-state index is 1.03. The second kappa shape index (κ2) is 5.39. The molecule has 21 heavy (non-hydrogen) atoms. The molecule has 2 aromatic heterocycles. The summed E-state index contributed by atoms with van der Waals surface area (Å²) in [7, 11) is 0. The molecule has 4 heteroatoms. The number of hydrogen-bond acceptors (Lipinski definition) is 3. The lowest BCUT2D eigenvalue weighted by atomic mass is 10.2. The molecule has 0 unspecified atom stereocenters. The van der Waals surface area contributed by atoms with Crippen molar-refractivity contribution < 1.29 is 0 Å². The number of benzene rings is 2. The monoisotopic (exact) mass is 308 g/mol. The molecule has 0 atom stereocenters. The van der Waals surface area contributed by atoms with Gasteiger partial charge >= 0.3 is 0 Å². The Kier molecular flexibility index (Phi) is 3.25. The van der Waals surface area contributed by atoms with Crippen molar-refractivity contribution in [3.63, 3.8) is 0 Å².